The Bertz CT molecular complexity index is 1170. The minimum absolute atomic E-state index is 0.125. The maximum absolute atomic E-state index is 13.2. The molecule has 2 atom stereocenters. The standard InChI is InChI=1S/C28H33N3O5/c1-19(2)16-24(28(35)30(3)36-4)29-27(34)25(17-26(32)33)31-15-14-23(18-31)22-12-10-21(11-13-22)20-8-6-5-7-9-20/h5-15,18-19,24-25H,16-17H2,1-4H3,(H,29,34)(H,32,33). The van der Waals surface area contributed by atoms with Gasteiger partial charge in [0.2, 0.25) is 5.91 Å². The lowest BCUT2D eigenvalue weighted by Gasteiger charge is -2.26. The van der Waals surface area contributed by atoms with E-state index >= 15 is 0 Å². The smallest absolute Gasteiger partial charge is 0.306 e. The Labute approximate surface area is 211 Å². The van der Waals surface area contributed by atoms with E-state index in [2.05, 4.69) is 5.32 Å². The average molecular weight is 492 g/mol. The predicted molar refractivity (Wildman–Crippen MR) is 138 cm³/mol. The molecule has 1 heterocycles. The molecule has 2 aromatic carbocycles. The molecule has 190 valence electrons. The Morgan fingerprint density at radius 3 is 2.08 bits per heavy atom. The number of carboxylic acids is 1. The van der Waals surface area contributed by atoms with Gasteiger partial charge >= 0.3 is 5.97 Å². The van der Waals surface area contributed by atoms with Crippen LogP contribution in [-0.2, 0) is 19.2 Å². The molecule has 8 nitrogen and oxygen atoms in total. The van der Waals surface area contributed by atoms with E-state index in [0.717, 1.165) is 27.3 Å². The summed E-state index contributed by atoms with van der Waals surface area (Å²) in [6.45, 7) is 3.88. The molecule has 0 aliphatic carbocycles. The lowest BCUT2D eigenvalue weighted by atomic mass is 10.0. The summed E-state index contributed by atoms with van der Waals surface area (Å²) < 4.78 is 1.58. The van der Waals surface area contributed by atoms with Crippen LogP contribution in [0.4, 0.5) is 0 Å². The van der Waals surface area contributed by atoms with E-state index < -0.39 is 36.3 Å². The average Bonchev–Trinajstić information content (AvgIpc) is 3.36. The van der Waals surface area contributed by atoms with Gasteiger partial charge in [0.1, 0.15) is 12.1 Å². The van der Waals surface area contributed by atoms with Gasteiger partial charge < -0.3 is 15.0 Å². The van der Waals surface area contributed by atoms with Gasteiger partial charge in [0, 0.05) is 19.4 Å². The number of amides is 2. The van der Waals surface area contributed by atoms with E-state index in [-0.39, 0.29) is 5.92 Å². The molecule has 0 bridgehead atoms. The van der Waals surface area contributed by atoms with Gasteiger partial charge in [0.25, 0.3) is 5.91 Å². The largest absolute Gasteiger partial charge is 0.481 e. The first-order valence-electron chi connectivity index (χ1n) is 11.9. The molecule has 0 saturated carbocycles. The summed E-state index contributed by atoms with van der Waals surface area (Å²) in [5.74, 6) is -1.93. The number of benzene rings is 2. The summed E-state index contributed by atoms with van der Waals surface area (Å²) in [5, 5.41) is 13.3. The van der Waals surface area contributed by atoms with Crippen LogP contribution in [-0.4, -0.2) is 52.7 Å². The second-order valence-electron chi connectivity index (χ2n) is 9.11. The fourth-order valence-corrected chi connectivity index (χ4v) is 4.03. The van der Waals surface area contributed by atoms with Crippen molar-refractivity contribution in [3.8, 4) is 22.3 Å². The van der Waals surface area contributed by atoms with Crippen LogP contribution in [0.25, 0.3) is 22.3 Å². The Kier molecular flexibility index (Phi) is 9.02. The Morgan fingerprint density at radius 1 is 0.944 bits per heavy atom. The number of nitrogens with one attached hydrogen (secondary N) is 1. The van der Waals surface area contributed by atoms with E-state index in [1.54, 1.807) is 17.0 Å². The lowest BCUT2D eigenvalue weighted by molar-refractivity contribution is -0.172. The summed E-state index contributed by atoms with van der Waals surface area (Å²) in [6.07, 6.45) is 3.41. The van der Waals surface area contributed by atoms with Gasteiger partial charge in [0.15, 0.2) is 0 Å². The maximum atomic E-state index is 13.2. The van der Waals surface area contributed by atoms with Gasteiger partial charge in [-0.05, 0) is 40.7 Å². The second-order valence-corrected chi connectivity index (χ2v) is 9.11. The van der Waals surface area contributed by atoms with Gasteiger partial charge in [-0.1, -0.05) is 68.4 Å². The second kappa shape index (κ2) is 12.2. The van der Waals surface area contributed by atoms with Crippen molar-refractivity contribution in [3.05, 3.63) is 73.1 Å². The molecule has 2 unspecified atom stereocenters. The highest BCUT2D eigenvalue weighted by atomic mass is 16.7. The SMILES string of the molecule is CON(C)C(=O)C(CC(C)C)NC(=O)C(CC(=O)O)n1ccc(-c2ccc(-c3ccccc3)cc2)c1. The van der Waals surface area contributed by atoms with Crippen molar-refractivity contribution >= 4 is 17.8 Å². The Balaban J connectivity index is 1.82. The summed E-state index contributed by atoms with van der Waals surface area (Å²) in [6, 6.07) is 18.1. The van der Waals surface area contributed by atoms with Crippen molar-refractivity contribution in [2.45, 2.75) is 38.8 Å². The monoisotopic (exact) mass is 491 g/mol. The van der Waals surface area contributed by atoms with Crippen LogP contribution in [0.3, 0.4) is 0 Å². The maximum Gasteiger partial charge on any atom is 0.306 e. The van der Waals surface area contributed by atoms with Crippen molar-refractivity contribution < 1.29 is 24.3 Å². The van der Waals surface area contributed by atoms with E-state index in [9.17, 15) is 19.5 Å². The molecule has 0 saturated heterocycles. The van der Waals surface area contributed by atoms with Crippen molar-refractivity contribution in [1.82, 2.24) is 14.9 Å². The number of carbonyl (C=O) groups excluding carboxylic acids is 2. The quantitative estimate of drug-likeness (QED) is 0.388. The molecular weight excluding hydrogens is 458 g/mol. The van der Waals surface area contributed by atoms with Crippen LogP contribution in [0.15, 0.2) is 73.1 Å². The third-order valence-corrected chi connectivity index (χ3v) is 5.98. The normalized spacial score (nSPS) is 12.7. The highest BCUT2D eigenvalue weighted by Crippen LogP contribution is 2.27. The first-order valence-corrected chi connectivity index (χ1v) is 11.9. The van der Waals surface area contributed by atoms with Crippen LogP contribution in [0.5, 0.6) is 0 Å². The third-order valence-electron chi connectivity index (χ3n) is 5.98. The summed E-state index contributed by atoms with van der Waals surface area (Å²) in [5.41, 5.74) is 4.00. The topological polar surface area (TPSA) is 101 Å². The van der Waals surface area contributed by atoms with Crippen molar-refractivity contribution in [2.24, 2.45) is 5.92 Å². The number of aliphatic carboxylic acids is 1. The van der Waals surface area contributed by atoms with Crippen LogP contribution >= 0.6 is 0 Å². The zero-order chi connectivity index (χ0) is 26.2. The Hall–Kier alpha value is -3.91. The first-order chi connectivity index (χ1) is 17.2. The lowest BCUT2D eigenvalue weighted by Crippen LogP contribution is -2.49. The number of carboxylic acid groups (broad SMARTS) is 1. The predicted octanol–water partition coefficient (Wildman–Crippen LogP) is 4.39. The number of nitrogens with zero attached hydrogens (tertiary/aromatic N) is 2. The zero-order valence-electron chi connectivity index (χ0n) is 21.0. The molecule has 3 aromatic rings. The number of hydrogen-bond donors (Lipinski definition) is 2. The van der Waals surface area contributed by atoms with Crippen molar-refractivity contribution in [1.29, 1.82) is 0 Å². The highest BCUT2D eigenvalue weighted by Gasteiger charge is 2.30. The highest BCUT2D eigenvalue weighted by molar-refractivity contribution is 5.90. The van der Waals surface area contributed by atoms with Gasteiger partial charge in [-0.15, -0.1) is 0 Å². The van der Waals surface area contributed by atoms with Gasteiger partial charge in [-0.3, -0.25) is 19.2 Å². The number of carbonyl (C=O) groups is 3. The number of hydroxylamine groups is 2. The molecular formula is C28H33N3O5. The Morgan fingerprint density at radius 2 is 1.53 bits per heavy atom. The minimum Gasteiger partial charge on any atom is -0.481 e. The molecule has 0 spiro atoms. The number of likely N-dealkylation sites (N-methyl/N-ethyl adjacent to an activating group) is 1. The molecule has 36 heavy (non-hydrogen) atoms. The number of rotatable bonds is 11. The molecule has 0 aliphatic rings. The van der Waals surface area contributed by atoms with Crippen LogP contribution in [0, 0.1) is 5.92 Å². The zero-order valence-corrected chi connectivity index (χ0v) is 21.0. The number of hydrogen-bond acceptors (Lipinski definition) is 4. The van der Waals surface area contributed by atoms with E-state index in [4.69, 9.17) is 4.84 Å². The molecule has 1 aromatic heterocycles. The van der Waals surface area contributed by atoms with E-state index in [1.807, 2.05) is 74.5 Å². The molecule has 3 rings (SSSR count). The van der Waals surface area contributed by atoms with Gasteiger partial charge in [0.05, 0.1) is 13.5 Å². The summed E-state index contributed by atoms with van der Waals surface area (Å²) >= 11 is 0. The van der Waals surface area contributed by atoms with Gasteiger partial charge in [-0.25, -0.2) is 5.06 Å². The van der Waals surface area contributed by atoms with Crippen LogP contribution < -0.4 is 5.32 Å². The van der Waals surface area contributed by atoms with E-state index in [0.29, 0.717) is 6.42 Å². The molecule has 0 aliphatic heterocycles. The molecule has 2 amide bonds. The summed E-state index contributed by atoms with van der Waals surface area (Å²) in [4.78, 5) is 42.5. The van der Waals surface area contributed by atoms with Crippen LogP contribution in [0.2, 0.25) is 0 Å². The third kappa shape index (κ3) is 6.82. The first kappa shape index (κ1) is 26.7. The van der Waals surface area contributed by atoms with Crippen molar-refractivity contribution in [2.75, 3.05) is 14.2 Å². The molecule has 0 fully saturated rings. The van der Waals surface area contributed by atoms with Crippen molar-refractivity contribution in [3.63, 3.8) is 0 Å². The van der Waals surface area contributed by atoms with E-state index in [1.165, 1.54) is 14.2 Å². The van der Waals surface area contributed by atoms with Crippen LogP contribution in [0.1, 0.15) is 32.7 Å². The molecule has 0 radical (unpaired) electrons. The van der Waals surface area contributed by atoms with Gasteiger partial charge in [-0.2, -0.15) is 0 Å². The molecule has 2 N–H and O–H groups in total. The fourth-order valence-electron chi connectivity index (χ4n) is 4.03. The molecule has 8 heteroatoms. The fraction of sp³-hybridized carbons (Fsp3) is 0.321. The number of aromatic nitrogens is 1. The summed E-state index contributed by atoms with van der Waals surface area (Å²) in [7, 11) is 2.84. The minimum atomic E-state index is -1.11.